The van der Waals surface area contributed by atoms with Crippen molar-refractivity contribution in [1.29, 1.82) is 0 Å². The van der Waals surface area contributed by atoms with Gasteiger partial charge in [-0.2, -0.15) is 4.68 Å². The number of halogens is 1. The lowest BCUT2D eigenvalue weighted by atomic mass is 10.2. The number of quaternary nitrogens is 1. The zero-order valence-corrected chi connectivity index (χ0v) is 17.5. The van der Waals surface area contributed by atoms with Crippen LogP contribution in [0.5, 0.6) is 0 Å². The number of aromatic amines is 1. The molecule has 8 heteroatoms. The van der Waals surface area contributed by atoms with Crippen LogP contribution in [0.4, 0.5) is 5.82 Å². The molecule has 4 rings (SSSR count). The summed E-state index contributed by atoms with van der Waals surface area (Å²) in [7, 11) is 0. The van der Waals surface area contributed by atoms with Gasteiger partial charge in [0.1, 0.15) is 26.2 Å². The highest BCUT2D eigenvalue weighted by Gasteiger charge is 2.26. The molecule has 146 valence electrons. The molecule has 0 aliphatic carbocycles. The average molecular weight is 417 g/mol. The molecule has 0 radical (unpaired) electrons. The van der Waals surface area contributed by atoms with Gasteiger partial charge in [-0.25, -0.2) is 4.98 Å². The molecule has 3 aromatic rings. The van der Waals surface area contributed by atoms with E-state index in [0.29, 0.717) is 0 Å². The van der Waals surface area contributed by atoms with Gasteiger partial charge in [0.25, 0.3) is 5.82 Å². The molecule has 0 atom stereocenters. The summed E-state index contributed by atoms with van der Waals surface area (Å²) in [5.41, 5.74) is 1.04. The topological polar surface area (TPSA) is 44.6 Å². The maximum Gasteiger partial charge on any atom is 0.274 e. The monoisotopic (exact) mass is 416 g/mol. The van der Waals surface area contributed by atoms with E-state index in [9.17, 15) is 0 Å². The molecule has 0 amide bonds. The highest BCUT2D eigenvalue weighted by atomic mass is 35.5. The van der Waals surface area contributed by atoms with Crippen LogP contribution in [0.3, 0.4) is 0 Å². The third-order valence-electron chi connectivity index (χ3n) is 5.22. The third-order valence-corrected chi connectivity index (χ3v) is 5.90. The molecule has 0 unspecified atom stereocenters. The molecule has 6 nitrogen and oxygen atoms in total. The summed E-state index contributed by atoms with van der Waals surface area (Å²) >= 11 is 11.7. The van der Waals surface area contributed by atoms with E-state index in [1.54, 1.807) is 0 Å². The van der Waals surface area contributed by atoms with Crippen LogP contribution in [0.25, 0.3) is 11.4 Å². The van der Waals surface area contributed by atoms with Crippen molar-refractivity contribution in [1.82, 2.24) is 14.3 Å². The van der Waals surface area contributed by atoms with E-state index in [1.165, 1.54) is 10.7 Å². The molecule has 1 aromatic carbocycles. The normalized spacial score (nSPS) is 15.1. The fourth-order valence-electron chi connectivity index (χ4n) is 3.66. The molecule has 2 aromatic heterocycles. The van der Waals surface area contributed by atoms with Gasteiger partial charge < -0.3 is 9.47 Å². The minimum absolute atomic E-state index is 0.725. The van der Waals surface area contributed by atoms with E-state index in [-0.39, 0.29) is 0 Å². The Labute approximate surface area is 175 Å². The fourth-order valence-corrected chi connectivity index (χ4v) is 4.10. The third kappa shape index (κ3) is 3.97. The number of piperazine rings is 1. The summed E-state index contributed by atoms with van der Waals surface area (Å²) < 4.78 is 4.84. The van der Waals surface area contributed by atoms with Crippen LogP contribution in [0.15, 0.2) is 48.7 Å². The molecular formula is C20H25ClN6S+2. The molecule has 0 saturated carbocycles. The zero-order chi connectivity index (χ0) is 19.5. The summed E-state index contributed by atoms with van der Waals surface area (Å²) in [5.74, 6) is 2.08. The van der Waals surface area contributed by atoms with Crippen LogP contribution in [0.2, 0.25) is 5.02 Å². The number of aromatic nitrogens is 4. The standard InChI is InChI=1S/C20H23ClN6S/c1-2-26-19(16-6-8-17(21)9-7-16)23-27(20(26)28)15-24-11-13-25(14-12-24)18-5-3-4-10-22-18/h3-10H,2,11-15H2,1H3/p+2. The summed E-state index contributed by atoms with van der Waals surface area (Å²) in [5, 5.41) is 5.57. The average Bonchev–Trinajstić information content (AvgIpc) is 3.05. The first-order valence-corrected chi connectivity index (χ1v) is 10.4. The van der Waals surface area contributed by atoms with E-state index >= 15 is 0 Å². The van der Waals surface area contributed by atoms with Gasteiger partial charge in [0, 0.05) is 23.2 Å². The van der Waals surface area contributed by atoms with Gasteiger partial charge in [-0.1, -0.05) is 17.7 Å². The predicted octanol–water partition coefficient (Wildman–Crippen LogP) is 1.93. The molecule has 1 aliphatic rings. The van der Waals surface area contributed by atoms with Crippen LogP contribution in [-0.2, 0) is 13.2 Å². The number of benzene rings is 1. The first kappa shape index (κ1) is 19.1. The fraction of sp³-hybridized carbons (Fsp3) is 0.350. The Morgan fingerprint density at radius 1 is 1.14 bits per heavy atom. The van der Waals surface area contributed by atoms with E-state index < -0.39 is 0 Å². The van der Waals surface area contributed by atoms with Gasteiger partial charge in [-0.3, -0.25) is 4.90 Å². The summed E-state index contributed by atoms with van der Waals surface area (Å²) in [4.78, 5) is 7.21. The van der Waals surface area contributed by atoms with Crippen molar-refractivity contribution in [3.8, 4) is 11.4 Å². The molecule has 28 heavy (non-hydrogen) atoms. The van der Waals surface area contributed by atoms with Crippen LogP contribution >= 0.6 is 23.8 Å². The Morgan fingerprint density at radius 2 is 1.89 bits per heavy atom. The number of rotatable bonds is 5. The molecule has 1 aliphatic heterocycles. The number of hydrogen-bond donors (Lipinski definition) is 1. The maximum atomic E-state index is 6.03. The Hall–Kier alpha value is -2.22. The van der Waals surface area contributed by atoms with Crippen LogP contribution in [-0.4, -0.2) is 40.5 Å². The Balaban J connectivity index is 1.48. The van der Waals surface area contributed by atoms with Gasteiger partial charge in [0.05, 0.1) is 6.20 Å². The first-order chi connectivity index (χ1) is 13.7. The Morgan fingerprint density at radius 3 is 2.54 bits per heavy atom. The molecule has 2 N–H and O–H groups in total. The highest BCUT2D eigenvalue weighted by Crippen LogP contribution is 2.20. The van der Waals surface area contributed by atoms with Gasteiger partial charge in [-0.15, -0.1) is 5.10 Å². The lowest BCUT2D eigenvalue weighted by Gasteiger charge is -2.27. The molecule has 1 fully saturated rings. The van der Waals surface area contributed by atoms with E-state index in [4.69, 9.17) is 28.9 Å². The molecule has 0 bridgehead atoms. The van der Waals surface area contributed by atoms with Crippen LogP contribution < -0.4 is 14.8 Å². The van der Waals surface area contributed by atoms with Crippen molar-refractivity contribution in [3.63, 3.8) is 0 Å². The quantitative estimate of drug-likeness (QED) is 0.646. The van der Waals surface area contributed by atoms with Gasteiger partial charge in [0.2, 0.25) is 4.77 Å². The molecule has 3 heterocycles. The highest BCUT2D eigenvalue weighted by molar-refractivity contribution is 7.71. The number of nitrogens with one attached hydrogen (secondary N) is 2. The molecule has 1 saturated heterocycles. The predicted molar refractivity (Wildman–Crippen MR) is 113 cm³/mol. The van der Waals surface area contributed by atoms with E-state index in [1.807, 2.05) is 41.2 Å². The smallest absolute Gasteiger partial charge is 0.274 e. The van der Waals surface area contributed by atoms with Crippen molar-refractivity contribution in [3.05, 3.63) is 58.5 Å². The van der Waals surface area contributed by atoms with Crippen molar-refractivity contribution >= 4 is 29.6 Å². The van der Waals surface area contributed by atoms with Gasteiger partial charge >= 0.3 is 0 Å². The number of hydrogen-bond acceptors (Lipinski definition) is 3. The lowest BCUT2D eigenvalue weighted by molar-refractivity contribution is -0.924. The van der Waals surface area contributed by atoms with Crippen molar-refractivity contribution in [2.75, 3.05) is 31.1 Å². The lowest BCUT2D eigenvalue weighted by Crippen LogP contribution is -3.14. The van der Waals surface area contributed by atoms with Crippen molar-refractivity contribution in [2.45, 2.75) is 20.1 Å². The number of H-pyrrole nitrogens is 1. The molecule has 0 spiro atoms. The van der Waals surface area contributed by atoms with Crippen LogP contribution in [0, 0.1) is 4.77 Å². The summed E-state index contributed by atoms with van der Waals surface area (Å²) in [6, 6.07) is 14.0. The minimum atomic E-state index is 0.725. The second kappa shape index (κ2) is 8.43. The second-order valence-corrected chi connectivity index (χ2v) is 7.80. The summed E-state index contributed by atoms with van der Waals surface area (Å²) in [6.07, 6.45) is 1.98. The number of nitrogens with zero attached hydrogens (tertiary/aromatic N) is 4. The maximum absolute atomic E-state index is 6.03. The first-order valence-electron chi connectivity index (χ1n) is 9.64. The zero-order valence-electron chi connectivity index (χ0n) is 15.9. The van der Waals surface area contributed by atoms with Crippen molar-refractivity contribution < 1.29 is 9.88 Å². The number of anilines is 1. The van der Waals surface area contributed by atoms with Gasteiger partial charge in [-0.05, 0) is 49.5 Å². The number of pyridine rings is 1. The second-order valence-electron chi connectivity index (χ2n) is 7.00. The van der Waals surface area contributed by atoms with Crippen LogP contribution in [0.1, 0.15) is 6.92 Å². The van der Waals surface area contributed by atoms with Gasteiger partial charge in [0.15, 0.2) is 12.5 Å². The summed E-state index contributed by atoms with van der Waals surface area (Å²) in [6.45, 7) is 7.83. The largest absolute Gasteiger partial charge is 0.310 e. The van der Waals surface area contributed by atoms with E-state index in [2.05, 4.69) is 33.5 Å². The Kier molecular flexibility index (Phi) is 5.75. The Bertz CT molecular complexity index is 974. The van der Waals surface area contributed by atoms with E-state index in [0.717, 1.165) is 60.6 Å². The minimum Gasteiger partial charge on any atom is -0.310 e. The van der Waals surface area contributed by atoms with Crippen molar-refractivity contribution in [2.24, 2.45) is 0 Å². The molecular weight excluding hydrogens is 392 g/mol. The SMILES string of the molecule is CCn1c(-c2ccc(Cl)cc2)nn(C[NH+]2CCN(c3cccc[nH+]3)CC2)c1=S.